The molecule has 1 saturated carbocycles. The minimum atomic E-state index is 0.493. The lowest BCUT2D eigenvalue weighted by Crippen LogP contribution is -1.98. The molecule has 82 valence electrons. The van der Waals surface area contributed by atoms with Gasteiger partial charge in [0.2, 0.25) is 0 Å². The fourth-order valence-electron chi connectivity index (χ4n) is 2.59. The van der Waals surface area contributed by atoms with Gasteiger partial charge in [0.05, 0.1) is 0 Å². The second kappa shape index (κ2) is 4.69. The first kappa shape index (κ1) is 10.5. The third-order valence-corrected chi connectivity index (χ3v) is 3.48. The van der Waals surface area contributed by atoms with Gasteiger partial charge in [-0.3, -0.25) is 0 Å². The summed E-state index contributed by atoms with van der Waals surface area (Å²) in [5.41, 5.74) is 2.43. The number of benzene rings is 1. The molecule has 1 nitrogen and oxygen atoms in total. The zero-order valence-corrected chi connectivity index (χ0v) is 9.50. The van der Waals surface area contributed by atoms with Crippen LogP contribution >= 0.6 is 0 Å². The van der Waals surface area contributed by atoms with Crippen LogP contribution in [-0.4, -0.2) is 5.11 Å². The van der Waals surface area contributed by atoms with Crippen molar-refractivity contribution in [2.24, 2.45) is 0 Å². The molecule has 1 aromatic carbocycles. The lowest BCUT2D eigenvalue weighted by atomic mass is 9.90. The topological polar surface area (TPSA) is 20.2 Å². The molecule has 1 heteroatoms. The first-order valence-electron chi connectivity index (χ1n) is 6.07. The van der Waals surface area contributed by atoms with Crippen molar-refractivity contribution >= 4 is 0 Å². The molecule has 0 spiro atoms. The molecule has 1 aliphatic carbocycles. The quantitative estimate of drug-likeness (QED) is 0.682. The largest absolute Gasteiger partial charge is 0.508 e. The maximum atomic E-state index is 9.88. The van der Waals surface area contributed by atoms with E-state index in [2.05, 4.69) is 13.0 Å². The van der Waals surface area contributed by atoms with Crippen LogP contribution in [0.3, 0.4) is 0 Å². The van der Waals surface area contributed by atoms with Gasteiger partial charge < -0.3 is 5.11 Å². The zero-order valence-electron chi connectivity index (χ0n) is 9.50. The first-order valence-corrected chi connectivity index (χ1v) is 6.07. The normalized spacial score (nSPS) is 18.7. The molecule has 0 heterocycles. The molecule has 0 unspecified atom stereocenters. The van der Waals surface area contributed by atoms with Crippen LogP contribution in [0.4, 0.5) is 0 Å². The van der Waals surface area contributed by atoms with Crippen LogP contribution in [0.15, 0.2) is 18.2 Å². The van der Waals surface area contributed by atoms with E-state index in [9.17, 15) is 5.11 Å². The number of hydrogen-bond acceptors (Lipinski definition) is 1. The van der Waals surface area contributed by atoms with Crippen molar-refractivity contribution in [2.45, 2.75) is 51.4 Å². The van der Waals surface area contributed by atoms with Crippen molar-refractivity contribution in [1.82, 2.24) is 0 Å². The maximum Gasteiger partial charge on any atom is 0.119 e. The average Bonchev–Trinajstić information content (AvgIpc) is 2.50. The summed E-state index contributed by atoms with van der Waals surface area (Å²) in [4.78, 5) is 0. The summed E-state index contributed by atoms with van der Waals surface area (Å²) in [6, 6.07) is 5.98. The van der Waals surface area contributed by atoms with Crippen molar-refractivity contribution in [2.75, 3.05) is 0 Å². The molecule has 2 rings (SSSR count). The van der Waals surface area contributed by atoms with E-state index >= 15 is 0 Å². The van der Waals surface area contributed by atoms with Gasteiger partial charge in [0.15, 0.2) is 0 Å². The average molecular weight is 204 g/mol. The first-order chi connectivity index (χ1) is 7.27. The molecule has 0 aliphatic heterocycles. The second-order valence-electron chi connectivity index (χ2n) is 4.75. The highest BCUT2D eigenvalue weighted by atomic mass is 16.3. The third kappa shape index (κ3) is 2.53. The van der Waals surface area contributed by atoms with Crippen LogP contribution < -0.4 is 0 Å². The number of phenolic OH excluding ortho intramolecular Hbond substituents is 1. The molecule has 1 N–H and O–H groups in total. The van der Waals surface area contributed by atoms with Gasteiger partial charge in [0.25, 0.3) is 0 Å². The minimum Gasteiger partial charge on any atom is -0.508 e. The molecule has 0 atom stereocenters. The Kier molecular flexibility index (Phi) is 3.30. The number of aromatic hydroxyl groups is 1. The summed E-state index contributed by atoms with van der Waals surface area (Å²) in [6.45, 7) is 2.10. The Labute approximate surface area is 92.1 Å². The number of rotatable bonds is 1. The fraction of sp³-hybridized carbons (Fsp3) is 0.571. The number of aryl methyl sites for hydroxylation is 1. The van der Waals surface area contributed by atoms with Gasteiger partial charge in [0.1, 0.15) is 5.75 Å². The van der Waals surface area contributed by atoms with E-state index in [1.54, 1.807) is 0 Å². The molecule has 0 amide bonds. The van der Waals surface area contributed by atoms with Gasteiger partial charge in [0, 0.05) is 0 Å². The van der Waals surface area contributed by atoms with Crippen LogP contribution in [0.25, 0.3) is 0 Å². The highest BCUT2D eigenvalue weighted by molar-refractivity contribution is 5.38. The van der Waals surface area contributed by atoms with Crippen molar-refractivity contribution in [1.29, 1.82) is 0 Å². The van der Waals surface area contributed by atoms with Crippen molar-refractivity contribution in [3.05, 3.63) is 29.3 Å². The molecule has 0 radical (unpaired) electrons. The predicted molar refractivity (Wildman–Crippen MR) is 63.3 cm³/mol. The Morgan fingerprint density at radius 1 is 1.07 bits per heavy atom. The lowest BCUT2D eigenvalue weighted by Gasteiger charge is -2.16. The van der Waals surface area contributed by atoms with E-state index in [0.717, 1.165) is 0 Å². The molecule has 15 heavy (non-hydrogen) atoms. The Hall–Kier alpha value is -0.980. The summed E-state index contributed by atoms with van der Waals surface area (Å²) in [7, 11) is 0. The van der Waals surface area contributed by atoms with Crippen molar-refractivity contribution in [3.8, 4) is 5.75 Å². The summed E-state index contributed by atoms with van der Waals surface area (Å²) in [5.74, 6) is 1.08. The molecule has 0 saturated heterocycles. The molecule has 1 aliphatic rings. The van der Waals surface area contributed by atoms with Crippen molar-refractivity contribution in [3.63, 3.8) is 0 Å². The summed E-state index contributed by atoms with van der Waals surface area (Å²) >= 11 is 0. The van der Waals surface area contributed by atoms with Gasteiger partial charge in [-0.15, -0.1) is 0 Å². The smallest absolute Gasteiger partial charge is 0.119 e. The highest BCUT2D eigenvalue weighted by Gasteiger charge is 2.17. The molecule has 0 bridgehead atoms. The molecule has 1 aromatic rings. The van der Waals surface area contributed by atoms with Crippen molar-refractivity contribution < 1.29 is 5.11 Å². The molecule has 0 aromatic heterocycles. The summed E-state index contributed by atoms with van der Waals surface area (Å²) in [6.07, 6.45) is 7.86. The summed E-state index contributed by atoms with van der Waals surface area (Å²) < 4.78 is 0. The Morgan fingerprint density at radius 3 is 2.40 bits per heavy atom. The molecular weight excluding hydrogens is 184 g/mol. The van der Waals surface area contributed by atoms with E-state index in [1.807, 2.05) is 12.1 Å². The van der Waals surface area contributed by atoms with Crippen LogP contribution in [0.2, 0.25) is 0 Å². The highest BCUT2D eigenvalue weighted by Crippen LogP contribution is 2.36. The van der Waals surface area contributed by atoms with Crippen LogP contribution in [0.1, 0.15) is 55.6 Å². The SMILES string of the molecule is Cc1ccc(O)c(C2CCCCCC2)c1. The van der Waals surface area contributed by atoms with Crippen LogP contribution in [0, 0.1) is 6.92 Å². The molecular formula is C14H20O. The molecule has 1 fully saturated rings. The number of phenols is 1. The van der Waals surface area contributed by atoms with E-state index in [1.165, 1.54) is 49.7 Å². The van der Waals surface area contributed by atoms with Gasteiger partial charge in [-0.2, -0.15) is 0 Å². The van der Waals surface area contributed by atoms with Gasteiger partial charge in [-0.1, -0.05) is 43.4 Å². The lowest BCUT2D eigenvalue weighted by molar-refractivity contribution is 0.453. The van der Waals surface area contributed by atoms with E-state index in [-0.39, 0.29) is 0 Å². The summed E-state index contributed by atoms with van der Waals surface area (Å²) in [5, 5.41) is 9.88. The fourth-order valence-corrected chi connectivity index (χ4v) is 2.59. The van der Waals surface area contributed by atoms with E-state index in [4.69, 9.17) is 0 Å². The monoisotopic (exact) mass is 204 g/mol. The third-order valence-electron chi connectivity index (χ3n) is 3.48. The van der Waals surface area contributed by atoms with E-state index < -0.39 is 0 Å². The number of hydrogen-bond donors (Lipinski definition) is 1. The van der Waals surface area contributed by atoms with Crippen LogP contribution in [-0.2, 0) is 0 Å². The maximum absolute atomic E-state index is 9.88. The predicted octanol–water partition coefficient (Wildman–Crippen LogP) is 4.14. The Balaban J connectivity index is 2.22. The Bertz CT molecular complexity index is 322. The second-order valence-corrected chi connectivity index (χ2v) is 4.75. The van der Waals surface area contributed by atoms with Crippen LogP contribution in [0.5, 0.6) is 5.75 Å². The van der Waals surface area contributed by atoms with Gasteiger partial charge >= 0.3 is 0 Å². The Morgan fingerprint density at radius 2 is 1.73 bits per heavy atom. The van der Waals surface area contributed by atoms with E-state index in [0.29, 0.717) is 11.7 Å². The van der Waals surface area contributed by atoms with Gasteiger partial charge in [-0.25, -0.2) is 0 Å². The minimum absolute atomic E-state index is 0.493. The zero-order chi connectivity index (χ0) is 10.7. The standard InChI is InChI=1S/C14H20O/c1-11-8-9-14(15)13(10-11)12-6-4-2-3-5-7-12/h8-10,12,15H,2-7H2,1H3. The van der Waals surface area contributed by atoms with Gasteiger partial charge in [-0.05, 0) is 37.3 Å².